The van der Waals surface area contributed by atoms with Crippen LogP contribution in [0.2, 0.25) is 0 Å². The average Bonchev–Trinajstić information content (AvgIpc) is 1.41. The topological polar surface area (TPSA) is 172 Å². The van der Waals surface area contributed by atoms with Crippen LogP contribution < -0.4 is 0 Å². The minimum Gasteiger partial charge on any atom is -0.748 e. The molecule has 0 saturated heterocycles. The average molecular weight is 450 g/mol. The molecule has 0 unspecified atom stereocenters. The van der Waals surface area contributed by atoms with Gasteiger partial charge in [-0.3, -0.25) is 0 Å². The van der Waals surface area contributed by atoms with Gasteiger partial charge < -0.3 is 13.7 Å². The largest absolute Gasteiger partial charge is 3.00 e. The van der Waals surface area contributed by atoms with E-state index in [1.54, 1.807) is 0 Å². The molecule has 0 radical (unpaired) electrons. The van der Waals surface area contributed by atoms with Crippen LogP contribution in [0.25, 0.3) is 0 Å². The molecule has 0 aromatic heterocycles. The first-order valence-electron chi connectivity index (χ1n) is 2.72. The predicted octanol–water partition coefficient (Wildman–Crippen LogP) is -2.52. The zero-order valence-corrected chi connectivity index (χ0v) is 12.6. The van der Waals surface area contributed by atoms with Crippen molar-refractivity contribution in [1.29, 1.82) is 0 Å². The van der Waals surface area contributed by atoms with Crippen molar-refractivity contribution in [2.24, 2.45) is 0 Å². The Morgan fingerprint density at radius 2 is 0.562 bits per heavy atom. The standard InChI is InChI=1S/3CH4O3S.Ho/c3*1-5(2,3)4;/h3*1H3,(H,2,3,4);/q;;;+3/p-3. The van der Waals surface area contributed by atoms with Crippen molar-refractivity contribution in [1.82, 2.24) is 0 Å². The Kier molecular flexibility index (Phi) is 16.0. The fourth-order valence-electron chi connectivity index (χ4n) is 0. The SMILES string of the molecule is CS(=O)(=O)[O-].CS(=O)(=O)[O-].CS(=O)(=O)[O-].[Ho+3]. The number of hydrogen-bond acceptors (Lipinski definition) is 9. The molecule has 104 valence electrons. The van der Waals surface area contributed by atoms with Gasteiger partial charge in [0, 0.05) is 18.8 Å². The smallest absolute Gasteiger partial charge is 0.748 e. The molecule has 0 bridgehead atoms. The molecule has 0 rings (SSSR count). The second kappa shape index (κ2) is 9.96. The molecule has 0 aliphatic carbocycles. The minimum absolute atomic E-state index is 0. The first-order valence-corrected chi connectivity index (χ1v) is 8.17. The summed E-state index contributed by atoms with van der Waals surface area (Å²) in [6.07, 6.45) is 1.81. The zero-order chi connectivity index (χ0) is 13.5. The van der Waals surface area contributed by atoms with Crippen molar-refractivity contribution < 1.29 is 76.6 Å². The van der Waals surface area contributed by atoms with Crippen LogP contribution in [-0.4, -0.2) is 57.7 Å². The van der Waals surface area contributed by atoms with Crippen LogP contribution in [0.1, 0.15) is 0 Å². The molecule has 0 spiro atoms. The van der Waals surface area contributed by atoms with Gasteiger partial charge in [-0.05, 0) is 0 Å². The summed E-state index contributed by atoms with van der Waals surface area (Å²) in [4.78, 5) is 0. The second-order valence-corrected chi connectivity index (χ2v) is 6.34. The van der Waals surface area contributed by atoms with E-state index in [2.05, 4.69) is 0 Å². The fourth-order valence-corrected chi connectivity index (χ4v) is 0. The third-order valence-corrected chi connectivity index (χ3v) is 0. The van der Waals surface area contributed by atoms with Crippen molar-refractivity contribution in [2.45, 2.75) is 0 Å². The van der Waals surface area contributed by atoms with Crippen LogP contribution in [0.3, 0.4) is 0 Å². The maximum atomic E-state index is 9.08. The molecule has 16 heavy (non-hydrogen) atoms. The predicted molar refractivity (Wildman–Crippen MR) is 46.9 cm³/mol. The van der Waals surface area contributed by atoms with Crippen LogP contribution in [0, 0.1) is 37.7 Å². The van der Waals surface area contributed by atoms with Gasteiger partial charge in [0.05, 0.1) is 30.4 Å². The van der Waals surface area contributed by atoms with Gasteiger partial charge in [0.1, 0.15) is 0 Å². The fraction of sp³-hybridized carbons (Fsp3) is 1.00. The van der Waals surface area contributed by atoms with Crippen molar-refractivity contribution in [3.05, 3.63) is 0 Å². The molecule has 13 heteroatoms. The van der Waals surface area contributed by atoms with Crippen LogP contribution in [0.5, 0.6) is 0 Å². The van der Waals surface area contributed by atoms with Crippen LogP contribution >= 0.6 is 0 Å². The third kappa shape index (κ3) is 2990. The summed E-state index contributed by atoms with van der Waals surface area (Å²) < 4.78 is 81.7. The van der Waals surface area contributed by atoms with E-state index in [1.807, 2.05) is 0 Å². The maximum absolute atomic E-state index is 9.08. The zero-order valence-electron chi connectivity index (χ0n) is 8.20. The van der Waals surface area contributed by atoms with Crippen molar-refractivity contribution in [3.8, 4) is 0 Å². The van der Waals surface area contributed by atoms with E-state index in [1.165, 1.54) is 0 Å². The maximum Gasteiger partial charge on any atom is 3.00 e. The minimum atomic E-state index is -3.92. The molecule has 0 fully saturated rings. The van der Waals surface area contributed by atoms with Gasteiger partial charge in [0.2, 0.25) is 0 Å². The monoisotopic (exact) mass is 450 g/mol. The summed E-state index contributed by atoms with van der Waals surface area (Å²) in [5.74, 6) is 0. The quantitative estimate of drug-likeness (QED) is 0.285. The van der Waals surface area contributed by atoms with Gasteiger partial charge in [-0.25, -0.2) is 25.3 Å². The Balaban J connectivity index is -0.0000000655. The van der Waals surface area contributed by atoms with E-state index in [0.717, 1.165) is 0 Å². The molecule has 0 heterocycles. The van der Waals surface area contributed by atoms with E-state index >= 15 is 0 Å². The summed E-state index contributed by atoms with van der Waals surface area (Å²) >= 11 is 0. The Labute approximate surface area is 124 Å². The van der Waals surface area contributed by atoms with Crippen LogP contribution in [-0.2, 0) is 30.4 Å². The van der Waals surface area contributed by atoms with Crippen molar-refractivity contribution in [3.63, 3.8) is 0 Å². The molecule has 0 aromatic carbocycles. The van der Waals surface area contributed by atoms with Gasteiger partial charge in [-0.15, -0.1) is 0 Å². The summed E-state index contributed by atoms with van der Waals surface area (Å²) in [5.41, 5.74) is 0. The summed E-state index contributed by atoms with van der Waals surface area (Å²) in [6, 6.07) is 0. The van der Waals surface area contributed by atoms with Crippen LogP contribution in [0.15, 0.2) is 0 Å². The molecule has 9 nitrogen and oxygen atoms in total. The Bertz CT molecular complexity index is 347. The van der Waals surface area contributed by atoms with Gasteiger partial charge in [-0.1, -0.05) is 0 Å². The first kappa shape index (κ1) is 25.7. The van der Waals surface area contributed by atoms with Crippen molar-refractivity contribution in [2.75, 3.05) is 18.8 Å². The van der Waals surface area contributed by atoms with Gasteiger partial charge in [0.25, 0.3) is 0 Å². The molecule has 0 N–H and O–H groups in total. The van der Waals surface area contributed by atoms with E-state index in [9.17, 15) is 0 Å². The first-order chi connectivity index (χ1) is 6.00. The molecule has 0 atom stereocenters. The van der Waals surface area contributed by atoms with Gasteiger partial charge >= 0.3 is 37.7 Å². The van der Waals surface area contributed by atoms with Gasteiger partial charge in [0.15, 0.2) is 0 Å². The molecular weight excluding hydrogens is 441 g/mol. The Morgan fingerprint density at radius 3 is 0.562 bits per heavy atom. The molecule has 0 amide bonds. The Morgan fingerprint density at radius 1 is 0.562 bits per heavy atom. The summed E-state index contributed by atoms with van der Waals surface area (Å²) in [6.45, 7) is 0. The van der Waals surface area contributed by atoms with E-state index in [-0.39, 0.29) is 37.7 Å². The van der Waals surface area contributed by atoms with E-state index < -0.39 is 30.4 Å². The van der Waals surface area contributed by atoms with E-state index in [0.29, 0.717) is 18.8 Å². The Hall–Kier alpha value is 0.990. The number of hydrogen-bond donors (Lipinski definition) is 0. The summed E-state index contributed by atoms with van der Waals surface area (Å²) in [5, 5.41) is 0. The molecule has 0 aliphatic heterocycles. The molecular formula is C3H9HoO9S3. The summed E-state index contributed by atoms with van der Waals surface area (Å²) in [7, 11) is -11.8. The molecule has 0 aliphatic rings. The third-order valence-electron chi connectivity index (χ3n) is 0. The van der Waals surface area contributed by atoms with Gasteiger partial charge in [-0.2, -0.15) is 0 Å². The van der Waals surface area contributed by atoms with Crippen LogP contribution in [0.4, 0.5) is 0 Å². The normalized spacial score (nSPS) is 10.9. The number of rotatable bonds is 0. The molecule has 0 saturated carbocycles. The second-order valence-electron chi connectivity index (χ2n) is 2.11. The van der Waals surface area contributed by atoms with E-state index in [4.69, 9.17) is 38.9 Å². The van der Waals surface area contributed by atoms with Crippen molar-refractivity contribution >= 4 is 30.4 Å². The molecule has 0 aromatic rings.